The van der Waals surface area contributed by atoms with Crippen LogP contribution in [0.5, 0.6) is 5.75 Å². The first-order valence-corrected chi connectivity index (χ1v) is 11.1. The third kappa shape index (κ3) is 4.60. The van der Waals surface area contributed by atoms with Crippen molar-refractivity contribution in [1.82, 2.24) is 0 Å². The van der Waals surface area contributed by atoms with Crippen LogP contribution in [0.25, 0.3) is 22.3 Å². The molecule has 4 rings (SSSR count). The van der Waals surface area contributed by atoms with Crippen LogP contribution < -0.4 is 4.52 Å². The van der Waals surface area contributed by atoms with Gasteiger partial charge in [0.15, 0.2) is 0 Å². The molecule has 0 saturated heterocycles. The zero-order chi connectivity index (χ0) is 21.8. The Hall–Kier alpha value is -3.22. The fraction of sp³-hybridized carbons (Fsp3) is 0.107. The topological polar surface area (TPSA) is 26.3 Å². The largest absolute Gasteiger partial charge is 0.457 e. The van der Waals surface area contributed by atoms with E-state index in [9.17, 15) is 4.79 Å². The van der Waals surface area contributed by atoms with Crippen LogP contribution in [0.2, 0.25) is 0 Å². The SMILES string of the molecule is Cc1cc(C)c(C(=O)[P]Oc2cccc(-c3ccccc3)c2-c2ccccc2)c(C)c1. The van der Waals surface area contributed by atoms with Crippen LogP contribution in [0, 0.1) is 20.8 Å². The van der Waals surface area contributed by atoms with E-state index in [1.165, 1.54) is 0 Å². The molecule has 0 fully saturated rings. The zero-order valence-corrected chi connectivity index (χ0v) is 18.8. The summed E-state index contributed by atoms with van der Waals surface area (Å²) in [5.74, 6) is 0.699. The van der Waals surface area contributed by atoms with Gasteiger partial charge in [0.25, 0.3) is 0 Å². The van der Waals surface area contributed by atoms with Gasteiger partial charge in [-0.25, -0.2) is 0 Å². The minimum Gasteiger partial charge on any atom is -0.457 e. The molecule has 153 valence electrons. The maximum Gasteiger partial charge on any atom is 0.233 e. The van der Waals surface area contributed by atoms with Gasteiger partial charge in [0, 0.05) is 11.1 Å². The molecule has 31 heavy (non-hydrogen) atoms. The van der Waals surface area contributed by atoms with E-state index in [0.717, 1.165) is 44.5 Å². The van der Waals surface area contributed by atoms with Gasteiger partial charge >= 0.3 is 0 Å². The maximum atomic E-state index is 13.0. The molecule has 0 N–H and O–H groups in total. The molecule has 2 nitrogen and oxygen atoms in total. The van der Waals surface area contributed by atoms with Crippen molar-refractivity contribution in [2.45, 2.75) is 20.8 Å². The standard InChI is InChI=1S/C28H24O2P/c1-19-17-20(2)26(21(3)18-19)28(29)31-30-25-16-10-15-24(22-11-6-4-7-12-22)27(25)23-13-8-5-9-14-23/h4-18H,1-3H3. The molecule has 4 aromatic rings. The third-order valence-electron chi connectivity index (χ3n) is 5.29. The van der Waals surface area contributed by atoms with Crippen molar-refractivity contribution in [3.63, 3.8) is 0 Å². The highest BCUT2D eigenvalue weighted by molar-refractivity contribution is 7.54. The summed E-state index contributed by atoms with van der Waals surface area (Å²) in [6, 6.07) is 30.5. The van der Waals surface area contributed by atoms with E-state index >= 15 is 0 Å². The van der Waals surface area contributed by atoms with Crippen molar-refractivity contribution in [3.05, 3.63) is 113 Å². The number of carbonyl (C=O) groups is 1. The summed E-state index contributed by atoms with van der Waals surface area (Å²) >= 11 is 0. The number of benzene rings is 4. The van der Waals surface area contributed by atoms with Crippen LogP contribution in [0.3, 0.4) is 0 Å². The van der Waals surface area contributed by atoms with Gasteiger partial charge in [0.1, 0.15) is 5.75 Å². The minimum atomic E-state index is -0.0286. The molecule has 0 unspecified atom stereocenters. The predicted molar refractivity (Wildman–Crippen MR) is 130 cm³/mol. The fourth-order valence-electron chi connectivity index (χ4n) is 4.02. The lowest BCUT2D eigenvalue weighted by molar-refractivity contribution is 0.107. The molecular formula is C28H24O2P. The van der Waals surface area contributed by atoms with E-state index in [2.05, 4.69) is 30.3 Å². The molecule has 0 saturated carbocycles. The summed E-state index contributed by atoms with van der Waals surface area (Å²) in [5.41, 5.74) is 8.08. The molecule has 0 spiro atoms. The van der Waals surface area contributed by atoms with Gasteiger partial charge in [0.05, 0.1) is 0 Å². The summed E-state index contributed by atoms with van der Waals surface area (Å²) in [7, 11) is 0.299. The van der Waals surface area contributed by atoms with E-state index < -0.39 is 0 Å². The molecule has 0 aromatic heterocycles. The first-order valence-electron chi connectivity index (χ1n) is 10.3. The Morgan fingerprint density at radius 1 is 0.710 bits per heavy atom. The van der Waals surface area contributed by atoms with Crippen molar-refractivity contribution >= 4 is 14.3 Å². The normalized spacial score (nSPS) is 11.1. The Morgan fingerprint density at radius 2 is 1.29 bits per heavy atom. The lowest BCUT2D eigenvalue weighted by Crippen LogP contribution is -2.02. The molecule has 0 aliphatic carbocycles. The second-order valence-electron chi connectivity index (χ2n) is 7.67. The predicted octanol–water partition coefficient (Wildman–Crippen LogP) is 8.03. The van der Waals surface area contributed by atoms with Gasteiger partial charge in [-0.3, -0.25) is 4.79 Å². The van der Waals surface area contributed by atoms with Crippen LogP contribution in [0.15, 0.2) is 91.0 Å². The lowest BCUT2D eigenvalue weighted by atomic mass is 9.94. The molecule has 0 amide bonds. The quantitative estimate of drug-likeness (QED) is 0.293. The van der Waals surface area contributed by atoms with Crippen molar-refractivity contribution in [2.24, 2.45) is 0 Å². The van der Waals surface area contributed by atoms with Gasteiger partial charge in [-0.05, 0) is 54.7 Å². The number of rotatable bonds is 6. The fourth-order valence-corrected chi connectivity index (χ4v) is 4.80. The summed E-state index contributed by atoms with van der Waals surface area (Å²) in [5, 5.41) is 0. The number of hydrogen-bond acceptors (Lipinski definition) is 2. The van der Waals surface area contributed by atoms with Crippen LogP contribution in [-0.2, 0) is 0 Å². The lowest BCUT2D eigenvalue weighted by Gasteiger charge is -2.16. The maximum absolute atomic E-state index is 13.0. The molecule has 0 atom stereocenters. The Kier molecular flexibility index (Phi) is 6.30. The molecule has 0 bridgehead atoms. The molecule has 4 aromatic carbocycles. The first kappa shape index (κ1) is 21.0. The van der Waals surface area contributed by atoms with Crippen LogP contribution >= 0.6 is 8.81 Å². The van der Waals surface area contributed by atoms with Crippen molar-refractivity contribution in [2.75, 3.05) is 0 Å². The van der Waals surface area contributed by atoms with Crippen LogP contribution in [-0.4, -0.2) is 5.52 Å². The second-order valence-corrected chi connectivity index (χ2v) is 8.44. The Morgan fingerprint density at radius 3 is 1.90 bits per heavy atom. The highest BCUT2D eigenvalue weighted by Gasteiger charge is 2.18. The molecule has 1 radical (unpaired) electrons. The summed E-state index contributed by atoms with van der Waals surface area (Å²) in [6.07, 6.45) is 0. The molecule has 3 heteroatoms. The molecular weight excluding hydrogens is 399 g/mol. The summed E-state index contributed by atoms with van der Waals surface area (Å²) < 4.78 is 6.13. The highest BCUT2D eigenvalue weighted by Crippen LogP contribution is 2.41. The van der Waals surface area contributed by atoms with E-state index in [1.807, 2.05) is 81.4 Å². The van der Waals surface area contributed by atoms with E-state index in [1.54, 1.807) is 0 Å². The van der Waals surface area contributed by atoms with Gasteiger partial charge < -0.3 is 4.52 Å². The monoisotopic (exact) mass is 423 g/mol. The van der Waals surface area contributed by atoms with Gasteiger partial charge in [0.2, 0.25) is 14.3 Å². The van der Waals surface area contributed by atoms with Crippen molar-refractivity contribution < 1.29 is 9.32 Å². The average molecular weight is 423 g/mol. The number of hydrogen-bond donors (Lipinski definition) is 0. The van der Waals surface area contributed by atoms with Gasteiger partial charge in [-0.15, -0.1) is 0 Å². The molecule has 0 heterocycles. The smallest absolute Gasteiger partial charge is 0.233 e. The zero-order valence-electron chi connectivity index (χ0n) is 17.9. The van der Waals surface area contributed by atoms with Crippen LogP contribution in [0.1, 0.15) is 27.0 Å². The minimum absolute atomic E-state index is 0.0286. The second kappa shape index (κ2) is 9.29. The van der Waals surface area contributed by atoms with E-state index in [4.69, 9.17) is 4.52 Å². The first-order chi connectivity index (χ1) is 15.0. The van der Waals surface area contributed by atoms with Gasteiger partial charge in [-0.2, -0.15) is 0 Å². The average Bonchev–Trinajstić information content (AvgIpc) is 2.78. The third-order valence-corrected chi connectivity index (χ3v) is 5.97. The Labute approximate surface area is 185 Å². The van der Waals surface area contributed by atoms with Crippen LogP contribution in [0.4, 0.5) is 0 Å². The van der Waals surface area contributed by atoms with E-state index in [0.29, 0.717) is 14.6 Å². The van der Waals surface area contributed by atoms with Gasteiger partial charge in [-0.1, -0.05) is 90.5 Å². The summed E-state index contributed by atoms with van der Waals surface area (Å²) in [6.45, 7) is 6.01. The molecule has 0 aliphatic rings. The Bertz CT molecular complexity index is 1190. The highest BCUT2D eigenvalue weighted by atomic mass is 31.1. The molecule has 0 aliphatic heterocycles. The van der Waals surface area contributed by atoms with E-state index in [-0.39, 0.29) is 5.52 Å². The Balaban J connectivity index is 1.72. The van der Waals surface area contributed by atoms with Crippen molar-refractivity contribution in [3.8, 4) is 28.0 Å². The number of aryl methyl sites for hydroxylation is 3. The summed E-state index contributed by atoms with van der Waals surface area (Å²) in [4.78, 5) is 13.0. The number of carbonyl (C=O) groups excluding carboxylic acids is 1. The van der Waals surface area contributed by atoms with Crippen molar-refractivity contribution in [1.29, 1.82) is 0 Å².